The van der Waals surface area contributed by atoms with Gasteiger partial charge in [0, 0.05) is 5.88 Å². The molecule has 0 fully saturated rings. The summed E-state index contributed by atoms with van der Waals surface area (Å²) in [4.78, 5) is 0. The Labute approximate surface area is 155 Å². The lowest BCUT2D eigenvalue weighted by atomic mass is 10.0. The number of alkyl halides is 8. The molecular weight excluding hydrogens is 401 g/mol. The van der Waals surface area contributed by atoms with Crippen LogP contribution in [-0.4, -0.2) is 24.6 Å². The van der Waals surface area contributed by atoms with Crippen molar-refractivity contribution in [2.75, 3.05) is 0 Å². The van der Waals surface area contributed by atoms with Gasteiger partial charge in [-0.05, 0) is 22.3 Å². The number of rotatable bonds is 8. The van der Waals surface area contributed by atoms with E-state index in [9.17, 15) is 30.7 Å². The van der Waals surface area contributed by atoms with E-state index in [1.54, 1.807) is 36.4 Å². The summed E-state index contributed by atoms with van der Waals surface area (Å²) >= 11 is 5.69. The Morgan fingerprint density at radius 1 is 0.778 bits per heavy atom. The van der Waals surface area contributed by atoms with E-state index in [4.69, 9.17) is 11.6 Å². The van der Waals surface area contributed by atoms with Gasteiger partial charge < -0.3 is 4.74 Å². The molecule has 0 radical (unpaired) electrons. The molecule has 0 saturated carbocycles. The van der Waals surface area contributed by atoms with Gasteiger partial charge in [0.15, 0.2) is 0 Å². The van der Waals surface area contributed by atoms with Gasteiger partial charge in [-0.25, -0.2) is 13.2 Å². The van der Waals surface area contributed by atoms with Crippen molar-refractivity contribution in [3.8, 4) is 11.1 Å². The summed E-state index contributed by atoms with van der Waals surface area (Å²) in [5.74, 6) is -5.31. The summed E-state index contributed by atoms with van der Waals surface area (Å²) in [6.07, 6.45) is -14.0. The zero-order chi connectivity index (χ0) is 20.2. The molecule has 1 atom stereocenters. The minimum atomic E-state index is -5.66. The highest BCUT2D eigenvalue weighted by molar-refractivity contribution is 6.17. The quantitative estimate of drug-likeness (QED) is 0.357. The van der Waals surface area contributed by atoms with Crippen LogP contribution in [0.4, 0.5) is 30.7 Å². The van der Waals surface area contributed by atoms with Crippen LogP contribution in [0.15, 0.2) is 48.5 Å². The van der Waals surface area contributed by atoms with Crippen molar-refractivity contribution in [3.63, 3.8) is 0 Å². The third-order valence-corrected chi connectivity index (χ3v) is 4.08. The largest absolute Gasteiger partial charge is 0.423 e. The van der Waals surface area contributed by atoms with Gasteiger partial charge in [0.05, 0.1) is 6.61 Å². The minimum Gasteiger partial charge on any atom is -0.311 e. The van der Waals surface area contributed by atoms with Crippen LogP contribution >= 0.6 is 11.6 Å². The number of benzene rings is 2. The van der Waals surface area contributed by atoms with Gasteiger partial charge in [-0.2, -0.15) is 17.6 Å². The molecule has 0 saturated heterocycles. The molecule has 1 unspecified atom stereocenters. The van der Waals surface area contributed by atoms with Gasteiger partial charge in [0.25, 0.3) is 6.43 Å². The molecule has 0 heterocycles. The van der Waals surface area contributed by atoms with E-state index in [-0.39, 0.29) is 5.56 Å². The van der Waals surface area contributed by atoms with Crippen molar-refractivity contribution in [1.82, 2.24) is 0 Å². The highest BCUT2D eigenvalue weighted by atomic mass is 35.5. The first-order chi connectivity index (χ1) is 12.6. The van der Waals surface area contributed by atoms with Gasteiger partial charge in [0.2, 0.25) is 6.17 Å². The third-order valence-electron chi connectivity index (χ3n) is 3.77. The predicted octanol–water partition coefficient (Wildman–Crippen LogP) is 6.44. The maximum atomic E-state index is 13.4. The highest BCUT2D eigenvalue weighted by Crippen LogP contribution is 2.41. The van der Waals surface area contributed by atoms with E-state index in [0.29, 0.717) is 5.88 Å². The van der Waals surface area contributed by atoms with Crippen molar-refractivity contribution < 1.29 is 35.5 Å². The van der Waals surface area contributed by atoms with Gasteiger partial charge in [-0.1, -0.05) is 48.5 Å². The Bertz CT molecular complexity index is 732. The fourth-order valence-electron chi connectivity index (χ4n) is 2.17. The maximum absolute atomic E-state index is 13.4. The van der Waals surface area contributed by atoms with Crippen LogP contribution in [0.1, 0.15) is 11.1 Å². The van der Waals surface area contributed by atoms with E-state index in [1.165, 1.54) is 12.1 Å². The lowest BCUT2D eigenvalue weighted by molar-refractivity contribution is -0.373. The molecule has 148 valence electrons. The molecule has 0 N–H and O–H groups in total. The van der Waals surface area contributed by atoms with Crippen molar-refractivity contribution in [2.45, 2.75) is 37.1 Å². The summed E-state index contributed by atoms with van der Waals surface area (Å²) in [5.41, 5.74) is 2.52. The van der Waals surface area contributed by atoms with Crippen LogP contribution in [0.5, 0.6) is 0 Å². The molecule has 0 aliphatic heterocycles. The van der Waals surface area contributed by atoms with E-state index in [2.05, 4.69) is 4.74 Å². The normalized spacial score (nSPS) is 13.8. The molecule has 1 nitrogen and oxygen atoms in total. The summed E-state index contributed by atoms with van der Waals surface area (Å²) in [5, 5.41) is 0. The number of hydrogen-bond acceptors (Lipinski definition) is 1. The van der Waals surface area contributed by atoms with Crippen molar-refractivity contribution in [1.29, 1.82) is 0 Å². The molecule has 0 aliphatic rings. The van der Waals surface area contributed by atoms with Gasteiger partial charge >= 0.3 is 12.0 Å². The third kappa shape index (κ3) is 4.93. The van der Waals surface area contributed by atoms with Gasteiger partial charge in [-0.3, -0.25) is 0 Å². The molecule has 0 aliphatic carbocycles. The zero-order valence-electron chi connectivity index (χ0n) is 13.6. The molecule has 0 bridgehead atoms. The number of halogens is 8. The first-order valence-electron chi connectivity index (χ1n) is 7.64. The van der Waals surface area contributed by atoms with Crippen LogP contribution in [0.3, 0.4) is 0 Å². The Morgan fingerprint density at radius 2 is 1.22 bits per heavy atom. The smallest absolute Gasteiger partial charge is 0.311 e. The van der Waals surface area contributed by atoms with Crippen LogP contribution in [0.25, 0.3) is 11.1 Å². The summed E-state index contributed by atoms with van der Waals surface area (Å²) in [6.45, 7) is -1.01. The summed E-state index contributed by atoms with van der Waals surface area (Å²) in [7, 11) is 0. The van der Waals surface area contributed by atoms with E-state index < -0.39 is 31.2 Å². The summed E-state index contributed by atoms with van der Waals surface area (Å²) in [6, 6.07) is 13.0. The van der Waals surface area contributed by atoms with Crippen LogP contribution in [0, 0.1) is 0 Å². The minimum absolute atomic E-state index is 0.0825. The SMILES string of the molecule is FC(F)C(F)C(F)(F)C(F)(F)OCc1ccc(-c2ccc(CCl)cc2)cc1. The second kappa shape index (κ2) is 8.48. The molecule has 0 spiro atoms. The van der Waals surface area contributed by atoms with Crippen molar-refractivity contribution in [3.05, 3.63) is 59.7 Å². The maximum Gasteiger partial charge on any atom is 0.423 e. The molecule has 0 aromatic heterocycles. The van der Waals surface area contributed by atoms with E-state index in [1.807, 2.05) is 0 Å². The second-order valence-electron chi connectivity index (χ2n) is 5.69. The molecule has 0 amide bonds. The number of hydrogen-bond donors (Lipinski definition) is 0. The van der Waals surface area contributed by atoms with Gasteiger partial charge in [-0.15, -0.1) is 11.6 Å². The molecule has 9 heteroatoms. The Hall–Kier alpha value is -1.80. The number of ether oxygens (including phenoxy) is 1. The fraction of sp³-hybridized carbons (Fsp3) is 0.333. The summed E-state index contributed by atoms with van der Waals surface area (Å²) < 4.78 is 93.6. The van der Waals surface area contributed by atoms with Crippen molar-refractivity contribution in [2.24, 2.45) is 0 Å². The Kier molecular flexibility index (Phi) is 6.75. The first-order valence-corrected chi connectivity index (χ1v) is 8.18. The lowest BCUT2D eigenvalue weighted by Crippen LogP contribution is -2.52. The topological polar surface area (TPSA) is 9.23 Å². The van der Waals surface area contributed by atoms with Crippen LogP contribution in [0.2, 0.25) is 0 Å². The zero-order valence-corrected chi connectivity index (χ0v) is 14.4. The molecule has 27 heavy (non-hydrogen) atoms. The Balaban J connectivity index is 2.05. The first kappa shape index (κ1) is 21.5. The average Bonchev–Trinajstić information content (AvgIpc) is 2.66. The fourth-order valence-corrected chi connectivity index (χ4v) is 2.35. The second-order valence-corrected chi connectivity index (χ2v) is 5.96. The van der Waals surface area contributed by atoms with Gasteiger partial charge in [0.1, 0.15) is 0 Å². The standard InChI is InChI=1S/C18H14ClF7O/c19-9-11-1-5-13(6-2-11)14-7-3-12(4-8-14)10-27-18(25,26)17(23,24)15(20)16(21)22/h1-8,15-16H,9-10H2. The monoisotopic (exact) mass is 414 g/mol. The Morgan fingerprint density at radius 3 is 1.63 bits per heavy atom. The van der Waals surface area contributed by atoms with Crippen LogP contribution in [-0.2, 0) is 17.2 Å². The molecule has 2 rings (SSSR count). The molecule has 2 aromatic rings. The van der Waals surface area contributed by atoms with Crippen molar-refractivity contribution >= 4 is 11.6 Å². The average molecular weight is 415 g/mol. The highest BCUT2D eigenvalue weighted by Gasteiger charge is 2.66. The molecular formula is C18H14ClF7O. The van der Waals surface area contributed by atoms with E-state index >= 15 is 0 Å². The molecule has 2 aromatic carbocycles. The lowest BCUT2D eigenvalue weighted by Gasteiger charge is -2.28. The van der Waals surface area contributed by atoms with E-state index in [0.717, 1.165) is 16.7 Å². The predicted molar refractivity (Wildman–Crippen MR) is 87.0 cm³/mol. The van der Waals surface area contributed by atoms with Crippen LogP contribution < -0.4 is 0 Å².